The Bertz CT molecular complexity index is 1050. The van der Waals surface area contributed by atoms with Gasteiger partial charge in [0.2, 0.25) is 0 Å². The predicted octanol–water partition coefficient (Wildman–Crippen LogP) is 6.46. The lowest BCUT2D eigenvalue weighted by atomic mass is 9.45. The summed E-state index contributed by atoms with van der Waals surface area (Å²) in [5, 5.41) is 11.0. The summed E-state index contributed by atoms with van der Waals surface area (Å²) in [7, 11) is 4.41. The van der Waals surface area contributed by atoms with E-state index in [1.165, 1.54) is 30.4 Å². The van der Waals surface area contributed by atoms with E-state index >= 15 is 0 Å². The number of nitrogens with zero attached hydrogens (tertiary/aromatic N) is 2. The van der Waals surface area contributed by atoms with Crippen molar-refractivity contribution in [2.75, 3.05) is 25.5 Å². The first-order valence-electron chi connectivity index (χ1n) is 13.4. The average Bonchev–Trinajstić information content (AvgIpc) is 2.91. The number of benzene rings is 2. The molecule has 3 aliphatic rings. The minimum Gasteiger partial charge on any atom is -0.508 e. The summed E-state index contributed by atoms with van der Waals surface area (Å²) < 4.78 is 14.8. The fourth-order valence-electron chi connectivity index (χ4n) is 8.51. The molecule has 34 heavy (non-hydrogen) atoms. The molecule has 0 aromatic heterocycles. The van der Waals surface area contributed by atoms with Gasteiger partial charge in [-0.15, -0.1) is 0 Å². The first kappa shape index (κ1) is 23.7. The molecule has 2 unspecified atom stereocenters. The van der Waals surface area contributed by atoms with Crippen LogP contribution in [0.25, 0.3) is 0 Å². The molecule has 2 bridgehead atoms. The van der Waals surface area contributed by atoms with Crippen molar-refractivity contribution in [3.05, 3.63) is 58.9 Å². The Balaban J connectivity index is 1.70. The minimum atomic E-state index is -0.137. The second-order valence-corrected chi connectivity index (χ2v) is 11.2. The number of hydrogen-bond acceptors (Lipinski definition) is 3. The predicted molar refractivity (Wildman–Crippen MR) is 138 cm³/mol. The van der Waals surface area contributed by atoms with E-state index in [0.717, 1.165) is 50.6 Å². The van der Waals surface area contributed by atoms with Crippen molar-refractivity contribution in [2.45, 2.75) is 89.1 Å². The summed E-state index contributed by atoms with van der Waals surface area (Å²) in [6.07, 6.45) is 9.92. The molecule has 0 spiro atoms. The number of hydrogen-bond donors (Lipinski definition) is 1. The summed E-state index contributed by atoms with van der Waals surface area (Å²) in [6, 6.07) is 12.2. The molecule has 1 saturated heterocycles. The Morgan fingerprint density at radius 1 is 1.12 bits per heavy atom. The van der Waals surface area contributed by atoms with E-state index in [0.29, 0.717) is 17.5 Å². The van der Waals surface area contributed by atoms with Crippen LogP contribution in [-0.2, 0) is 18.3 Å². The van der Waals surface area contributed by atoms with Gasteiger partial charge in [0.15, 0.2) is 0 Å². The highest BCUT2D eigenvalue weighted by Gasteiger charge is 2.63. The lowest BCUT2D eigenvalue weighted by Gasteiger charge is -2.65. The summed E-state index contributed by atoms with van der Waals surface area (Å²) in [4.78, 5) is 4.86. The molecule has 4 atom stereocenters. The minimum absolute atomic E-state index is 0.0124. The van der Waals surface area contributed by atoms with Gasteiger partial charge in [0.1, 0.15) is 11.6 Å². The van der Waals surface area contributed by atoms with Gasteiger partial charge in [-0.2, -0.15) is 0 Å². The highest BCUT2D eigenvalue weighted by atomic mass is 19.1. The third-order valence-electron chi connectivity index (χ3n) is 9.89. The molecule has 4 heteroatoms. The number of para-hydroxylation sites is 1. The normalized spacial score (nSPS) is 30.9. The van der Waals surface area contributed by atoms with Crippen molar-refractivity contribution >= 4 is 5.69 Å². The van der Waals surface area contributed by atoms with Crippen molar-refractivity contribution in [1.29, 1.82) is 0 Å². The van der Waals surface area contributed by atoms with Crippen LogP contribution >= 0.6 is 0 Å². The van der Waals surface area contributed by atoms with Gasteiger partial charge in [-0.3, -0.25) is 0 Å². The zero-order chi connectivity index (χ0) is 24.1. The summed E-state index contributed by atoms with van der Waals surface area (Å²) >= 11 is 0. The molecular formula is C30H41FN2O. The standard InChI is InChI=1S/C30H41FN2O/c1-5-16-29-17-15-22(33(4)25-10-8-7-9-24(25)31)20-30(29)18-19-32(3)27(29)14-12-21-11-13-26(34)23(6-2)28(21)30/h7-11,13,22,27,34H,5-6,12,14-20H2,1-4H3/t22?,27-,29?,30-/m1/s1. The Labute approximate surface area is 205 Å². The second kappa shape index (κ2) is 8.86. The first-order valence-corrected chi connectivity index (χ1v) is 13.4. The maximum Gasteiger partial charge on any atom is 0.146 e. The lowest BCUT2D eigenvalue weighted by Crippen LogP contribution is -2.66. The maximum atomic E-state index is 14.8. The monoisotopic (exact) mass is 464 g/mol. The van der Waals surface area contributed by atoms with Crippen LogP contribution in [-0.4, -0.2) is 42.7 Å². The zero-order valence-corrected chi connectivity index (χ0v) is 21.4. The molecule has 184 valence electrons. The van der Waals surface area contributed by atoms with Gasteiger partial charge in [-0.1, -0.05) is 38.5 Å². The number of halogens is 1. The van der Waals surface area contributed by atoms with Crippen molar-refractivity contribution in [3.8, 4) is 5.75 Å². The number of anilines is 1. The number of phenolic OH excluding ortho intramolecular Hbond substituents is 1. The molecule has 2 aliphatic carbocycles. The molecule has 3 nitrogen and oxygen atoms in total. The van der Waals surface area contributed by atoms with Gasteiger partial charge in [-0.25, -0.2) is 4.39 Å². The molecular weight excluding hydrogens is 423 g/mol. The van der Waals surface area contributed by atoms with Gasteiger partial charge in [0.25, 0.3) is 0 Å². The second-order valence-electron chi connectivity index (χ2n) is 11.2. The zero-order valence-electron chi connectivity index (χ0n) is 21.4. The molecule has 2 aromatic carbocycles. The molecule has 1 heterocycles. The number of phenols is 1. The third kappa shape index (κ3) is 3.31. The molecule has 0 radical (unpaired) electrons. The Morgan fingerprint density at radius 2 is 1.91 bits per heavy atom. The fraction of sp³-hybridized carbons (Fsp3) is 0.600. The SMILES string of the molecule is CCCC12CCC(N(C)c3ccccc3F)C[C@@]13CCN(C)[C@@H]2CCc1ccc(O)c(CC)c13. The Kier molecular flexibility index (Phi) is 6.16. The van der Waals surface area contributed by atoms with E-state index in [2.05, 4.69) is 43.8 Å². The topological polar surface area (TPSA) is 26.7 Å². The maximum absolute atomic E-state index is 14.8. The molecule has 5 rings (SSSR count). The highest BCUT2D eigenvalue weighted by Crippen LogP contribution is 2.65. The summed E-state index contributed by atoms with van der Waals surface area (Å²) in [6.45, 7) is 5.62. The Morgan fingerprint density at radius 3 is 2.65 bits per heavy atom. The highest BCUT2D eigenvalue weighted by molar-refractivity contribution is 5.54. The average molecular weight is 465 g/mol. The van der Waals surface area contributed by atoms with Gasteiger partial charge in [0, 0.05) is 24.5 Å². The fourth-order valence-corrected chi connectivity index (χ4v) is 8.51. The number of aryl methyl sites for hydroxylation is 1. The Hall–Kier alpha value is -2.07. The largest absolute Gasteiger partial charge is 0.508 e. The number of aromatic hydroxyl groups is 1. The molecule has 1 saturated carbocycles. The van der Waals surface area contributed by atoms with Gasteiger partial charge in [0.05, 0.1) is 5.69 Å². The quantitative estimate of drug-likeness (QED) is 0.550. The van der Waals surface area contributed by atoms with Crippen molar-refractivity contribution in [2.24, 2.45) is 5.41 Å². The van der Waals surface area contributed by atoms with E-state index in [-0.39, 0.29) is 22.7 Å². The van der Waals surface area contributed by atoms with Crippen molar-refractivity contribution in [3.63, 3.8) is 0 Å². The van der Waals surface area contributed by atoms with E-state index in [1.54, 1.807) is 12.1 Å². The van der Waals surface area contributed by atoms with Gasteiger partial charge in [-0.05, 0) is 105 Å². The van der Waals surface area contributed by atoms with Crippen LogP contribution in [0.1, 0.15) is 75.5 Å². The number of piperidine rings is 1. The molecule has 1 N–H and O–H groups in total. The first-order chi connectivity index (χ1) is 16.4. The van der Waals surface area contributed by atoms with Crippen LogP contribution in [0.2, 0.25) is 0 Å². The lowest BCUT2D eigenvalue weighted by molar-refractivity contribution is -0.0862. The van der Waals surface area contributed by atoms with Crippen LogP contribution in [0.3, 0.4) is 0 Å². The van der Waals surface area contributed by atoms with Gasteiger partial charge >= 0.3 is 0 Å². The number of rotatable bonds is 5. The van der Waals surface area contributed by atoms with E-state index in [1.807, 2.05) is 18.2 Å². The van der Waals surface area contributed by atoms with Crippen LogP contribution in [0.4, 0.5) is 10.1 Å². The number of likely N-dealkylation sites (tertiary alicyclic amines) is 1. The summed E-state index contributed by atoms with van der Waals surface area (Å²) in [5.74, 6) is 0.324. The van der Waals surface area contributed by atoms with Crippen molar-refractivity contribution in [1.82, 2.24) is 4.90 Å². The molecule has 1 aliphatic heterocycles. The molecule has 2 aromatic rings. The van der Waals surface area contributed by atoms with Crippen LogP contribution in [0.15, 0.2) is 36.4 Å². The van der Waals surface area contributed by atoms with E-state index in [9.17, 15) is 9.50 Å². The van der Waals surface area contributed by atoms with Crippen LogP contribution < -0.4 is 4.90 Å². The van der Waals surface area contributed by atoms with Crippen LogP contribution in [0, 0.1) is 11.2 Å². The third-order valence-corrected chi connectivity index (χ3v) is 9.89. The number of fused-ring (bicyclic) bond motifs is 1. The van der Waals surface area contributed by atoms with Crippen LogP contribution in [0.5, 0.6) is 5.75 Å². The summed E-state index contributed by atoms with van der Waals surface area (Å²) in [5.41, 5.74) is 4.99. The molecule has 2 fully saturated rings. The molecule has 0 amide bonds. The smallest absolute Gasteiger partial charge is 0.146 e. The van der Waals surface area contributed by atoms with Gasteiger partial charge < -0.3 is 14.9 Å². The van der Waals surface area contributed by atoms with E-state index < -0.39 is 0 Å². The van der Waals surface area contributed by atoms with Crippen molar-refractivity contribution < 1.29 is 9.50 Å². The van der Waals surface area contributed by atoms with E-state index in [4.69, 9.17) is 0 Å².